The molecular formula is C14H16N4O. The van der Waals surface area contributed by atoms with Crippen LogP contribution < -0.4 is 10.6 Å². The number of hydrogen-bond acceptors (Lipinski definition) is 4. The topological polar surface area (TPSA) is 66.9 Å². The van der Waals surface area contributed by atoms with E-state index in [2.05, 4.69) is 26.7 Å². The highest BCUT2D eigenvalue weighted by Gasteiger charge is 2.09. The highest BCUT2D eigenvalue weighted by Crippen LogP contribution is 2.14. The third-order valence-electron chi connectivity index (χ3n) is 2.60. The lowest BCUT2D eigenvalue weighted by Crippen LogP contribution is -2.15. The van der Waals surface area contributed by atoms with Gasteiger partial charge in [-0.3, -0.25) is 9.78 Å². The van der Waals surface area contributed by atoms with Crippen LogP contribution in [0, 0.1) is 13.8 Å². The van der Waals surface area contributed by atoms with Crippen LogP contribution in [0.3, 0.4) is 0 Å². The molecule has 2 rings (SSSR count). The molecule has 0 fully saturated rings. The maximum absolute atomic E-state index is 12.1. The molecule has 0 saturated heterocycles. The first-order valence-electron chi connectivity index (χ1n) is 5.98. The molecule has 0 atom stereocenters. The molecule has 1 heterocycles. The Balaban J connectivity index is 2.20. The molecule has 1 aromatic heterocycles. The zero-order valence-corrected chi connectivity index (χ0v) is 11.2. The predicted octanol–water partition coefficient (Wildman–Crippen LogP) is 2.39. The Hall–Kier alpha value is -2.43. The highest BCUT2D eigenvalue weighted by molar-refractivity contribution is 6.02. The van der Waals surface area contributed by atoms with Crippen molar-refractivity contribution in [3.05, 3.63) is 47.4 Å². The van der Waals surface area contributed by atoms with Gasteiger partial charge in [0.25, 0.3) is 5.91 Å². The standard InChI is InChI=1S/C14H16N4O/c1-9-4-10(2)6-11(5-9)17-14(19)12-7-16-8-13(15-3)18-12/h4-8H,1-3H3,(H,15,18)(H,17,19). The Morgan fingerprint density at radius 1 is 1.11 bits per heavy atom. The first kappa shape index (κ1) is 13.0. The molecule has 0 saturated carbocycles. The van der Waals surface area contributed by atoms with E-state index in [1.165, 1.54) is 6.20 Å². The van der Waals surface area contributed by atoms with Crippen LogP contribution in [0.5, 0.6) is 0 Å². The van der Waals surface area contributed by atoms with Gasteiger partial charge in [-0.2, -0.15) is 0 Å². The second-order valence-electron chi connectivity index (χ2n) is 4.37. The fourth-order valence-electron chi connectivity index (χ4n) is 1.84. The fourth-order valence-corrected chi connectivity index (χ4v) is 1.84. The van der Waals surface area contributed by atoms with Gasteiger partial charge < -0.3 is 10.6 Å². The van der Waals surface area contributed by atoms with Gasteiger partial charge in [-0.15, -0.1) is 0 Å². The molecule has 0 spiro atoms. The quantitative estimate of drug-likeness (QED) is 0.884. The van der Waals surface area contributed by atoms with Gasteiger partial charge in [-0.1, -0.05) is 6.07 Å². The van der Waals surface area contributed by atoms with Crippen molar-refractivity contribution in [2.75, 3.05) is 17.7 Å². The van der Waals surface area contributed by atoms with E-state index in [1.807, 2.05) is 26.0 Å². The lowest BCUT2D eigenvalue weighted by molar-refractivity contribution is 0.102. The lowest BCUT2D eigenvalue weighted by Gasteiger charge is -2.07. The minimum Gasteiger partial charge on any atom is -0.372 e. The zero-order chi connectivity index (χ0) is 13.8. The van der Waals surface area contributed by atoms with Crippen molar-refractivity contribution in [3.8, 4) is 0 Å². The summed E-state index contributed by atoms with van der Waals surface area (Å²) in [6.45, 7) is 3.98. The summed E-state index contributed by atoms with van der Waals surface area (Å²) in [5, 5.41) is 5.67. The number of amides is 1. The number of benzene rings is 1. The van der Waals surface area contributed by atoms with Gasteiger partial charge in [-0.05, 0) is 37.1 Å². The molecular weight excluding hydrogens is 240 g/mol. The van der Waals surface area contributed by atoms with Gasteiger partial charge in [-0.25, -0.2) is 4.98 Å². The summed E-state index contributed by atoms with van der Waals surface area (Å²) >= 11 is 0. The van der Waals surface area contributed by atoms with Crippen LogP contribution in [0.2, 0.25) is 0 Å². The average molecular weight is 256 g/mol. The number of nitrogens with one attached hydrogen (secondary N) is 2. The highest BCUT2D eigenvalue weighted by atomic mass is 16.1. The zero-order valence-electron chi connectivity index (χ0n) is 11.2. The SMILES string of the molecule is CNc1cncc(C(=O)Nc2cc(C)cc(C)c2)n1. The van der Waals surface area contributed by atoms with E-state index < -0.39 is 0 Å². The minimum absolute atomic E-state index is 0.269. The Morgan fingerprint density at radius 2 is 1.79 bits per heavy atom. The van der Waals surface area contributed by atoms with Crippen LogP contribution in [-0.2, 0) is 0 Å². The van der Waals surface area contributed by atoms with Gasteiger partial charge in [0.1, 0.15) is 11.5 Å². The third kappa shape index (κ3) is 3.28. The summed E-state index contributed by atoms with van der Waals surface area (Å²) in [6.07, 6.45) is 3.01. The van der Waals surface area contributed by atoms with E-state index >= 15 is 0 Å². The fraction of sp³-hybridized carbons (Fsp3) is 0.214. The molecule has 0 aliphatic carbocycles. The number of carbonyl (C=O) groups is 1. The monoisotopic (exact) mass is 256 g/mol. The van der Waals surface area contributed by atoms with Crippen LogP contribution in [0.25, 0.3) is 0 Å². The van der Waals surface area contributed by atoms with Gasteiger partial charge in [0.05, 0.1) is 12.4 Å². The number of rotatable bonds is 3. The van der Waals surface area contributed by atoms with Crippen LogP contribution in [-0.4, -0.2) is 22.9 Å². The smallest absolute Gasteiger partial charge is 0.275 e. The van der Waals surface area contributed by atoms with Crippen molar-refractivity contribution < 1.29 is 4.79 Å². The van der Waals surface area contributed by atoms with Crippen molar-refractivity contribution in [1.29, 1.82) is 0 Å². The second kappa shape index (κ2) is 5.48. The van der Waals surface area contributed by atoms with Crippen LogP contribution >= 0.6 is 0 Å². The van der Waals surface area contributed by atoms with Crippen LogP contribution in [0.1, 0.15) is 21.6 Å². The van der Waals surface area contributed by atoms with Gasteiger partial charge in [0, 0.05) is 12.7 Å². The summed E-state index contributed by atoms with van der Waals surface area (Å²) in [7, 11) is 1.73. The first-order valence-corrected chi connectivity index (χ1v) is 5.98. The summed E-state index contributed by atoms with van der Waals surface area (Å²) in [4.78, 5) is 20.2. The molecule has 1 amide bonds. The van der Waals surface area contributed by atoms with Crippen molar-refractivity contribution in [3.63, 3.8) is 0 Å². The molecule has 0 radical (unpaired) electrons. The third-order valence-corrected chi connectivity index (χ3v) is 2.60. The van der Waals surface area contributed by atoms with Crippen LogP contribution in [0.15, 0.2) is 30.6 Å². The molecule has 1 aromatic carbocycles. The molecule has 98 valence electrons. The number of hydrogen-bond donors (Lipinski definition) is 2. The van der Waals surface area contributed by atoms with Crippen molar-refractivity contribution in [1.82, 2.24) is 9.97 Å². The Labute approximate surface area is 112 Å². The maximum Gasteiger partial charge on any atom is 0.275 e. The van der Waals surface area contributed by atoms with E-state index in [0.717, 1.165) is 16.8 Å². The molecule has 0 bridgehead atoms. The largest absolute Gasteiger partial charge is 0.372 e. The second-order valence-corrected chi connectivity index (χ2v) is 4.37. The Morgan fingerprint density at radius 3 is 2.42 bits per heavy atom. The van der Waals surface area contributed by atoms with Gasteiger partial charge >= 0.3 is 0 Å². The molecule has 19 heavy (non-hydrogen) atoms. The Kier molecular flexibility index (Phi) is 3.75. The number of anilines is 2. The van der Waals surface area contributed by atoms with Gasteiger partial charge in [0.15, 0.2) is 0 Å². The maximum atomic E-state index is 12.1. The summed E-state index contributed by atoms with van der Waals surface area (Å²) < 4.78 is 0. The molecule has 0 aliphatic rings. The predicted molar refractivity (Wildman–Crippen MR) is 75.4 cm³/mol. The average Bonchev–Trinajstić information content (AvgIpc) is 2.37. The number of nitrogens with zero attached hydrogens (tertiary/aromatic N) is 2. The first-order chi connectivity index (χ1) is 9.08. The van der Waals surface area contributed by atoms with E-state index in [-0.39, 0.29) is 11.6 Å². The van der Waals surface area contributed by atoms with Crippen molar-refractivity contribution in [2.45, 2.75) is 13.8 Å². The summed E-state index contributed by atoms with van der Waals surface area (Å²) in [5.41, 5.74) is 3.25. The van der Waals surface area contributed by atoms with Crippen LogP contribution in [0.4, 0.5) is 11.5 Å². The number of aromatic nitrogens is 2. The number of carbonyl (C=O) groups excluding carboxylic acids is 1. The van der Waals surface area contributed by atoms with E-state index in [1.54, 1.807) is 13.2 Å². The summed E-state index contributed by atoms with van der Waals surface area (Å²) in [5.74, 6) is 0.294. The molecule has 0 aliphatic heterocycles. The molecule has 2 N–H and O–H groups in total. The normalized spacial score (nSPS) is 10.1. The number of aryl methyl sites for hydroxylation is 2. The van der Waals surface area contributed by atoms with E-state index in [4.69, 9.17) is 0 Å². The molecule has 2 aromatic rings. The van der Waals surface area contributed by atoms with Crippen molar-refractivity contribution in [2.24, 2.45) is 0 Å². The Bertz CT molecular complexity index is 590. The molecule has 5 nitrogen and oxygen atoms in total. The van der Waals surface area contributed by atoms with Gasteiger partial charge in [0.2, 0.25) is 0 Å². The molecule has 5 heteroatoms. The van der Waals surface area contributed by atoms with E-state index in [9.17, 15) is 4.79 Å². The lowest BCUT2D eigenvalue weighted by atomic mass is 10.1. The van der Waals surface area contributed by atoms with E-state index in [0.29, 0.717) is 5.82 Å². The molecule has 0 unspecified atom stereocenters. The van der Waals surface area contributed by atoms with Crippen molar-refractivity contribution >= 4 is 17.4 Å². The minimum atomic E-state index is -0.269. The summed E-state index contributed by atoms with van der Waals surface area (Å²) in [6, 6.07) is 5.89.